The summed E-state index contributed by atoms with van der Waals surface area (Å²) in [7, 11) is 0. The van der Waals surface area contributed by atoms with Crippen LogP contribution in [-0.4, -0.2) is 25.1 Å². The van der Waals surface area contributed by atoms with Crippen LogP contribution in [0.2, 0.25) is 0 Å². The highest BCUT2D eigenvalue weighted by Gasteiger charge is 2.10. The number of aromatic nitrogens is 4. The zero-order valence-corrected chi connectivity index (χ0v) is 11.3. The van der Waals surface area contributed by atoms with Gasteiger partial charge in [-0.25, -0.2) is 4.68 Å². The van der Waals surface area contributed by atoms with Gasteiger partial charge in [0.15, 0.2) is 0 Å². The van der Waals surface area contributed by atoms with E-state index in [0.717, 1.165) is 16.5 Å². The third-order valence-corrected chi connectivity index (χ3v) is 3.33. The Hall–Kier alpha value is -2.27. The van der Waals surface area contributed by atoms with Gasteiger partial charge in [0.1, 0.15) is 5.69 Å². The summed E-state index contributed by atoms with van der Waals surface area (Å²) < 4.78 is 1.73. The highest BCUT2D eigenvalue weighted by atomic mass is 16.3. The molecule has 5 heteroatoms. The van der Waals surface area contributed by atoms with E-state index < -0.39 is 6.10 Å². The molecule has 1 unspecified atom stereocenters. The van der Waals surface area contributed by atoms with Crippen molar-refractivity contribution in [1.82, 2.24) is 20.0 Å². The molecule has 0 aliphatic carbocycles. The lowest BCUT2D eigenvalue weighted by atomic mass is 10.1. The van der Waals surface area contributed by atoms with Crippen molar-refractivity contribution in [3.05, 3.63) is 54.0 Å². The molecule has 0 amide bonds. The molecule has 1 N–H and O–H groups in total. The number of aliphatic hydroxyl groups is 1. The van der Waals surface area contributed by atoms with Crippen LogP contribution in [0, 0.1) is 0 Å². The fourth-order valence-electron chi connectivity index (χ4n) is 2.22. The van der Waals surface area contributed by atoms with E-state index >= 15 is 0 Å². The molecule has 0 radical (unpaired) electrons. The van der Waals surface area contributed by atoms with Crippen molar-refractivity contribution in [3.63, 3.8) is 0 Å². The third kappa shape index (κ3) is 2.40. The first kappa shape index (κ1) is 12.7. The zero-order chi connectivity index (χ0) is 13.9. The molecule has 0 saturated heterocycles. The maximum atomic E-state index is 9.75. The molecule has 102 valence electrons. The first-order valence-electron chi connectivity index (χ1n) is 6.68. The van der Waals surface area contributed by atoms with Crippen molar-refractivity contribution in [1.29, 1.82) is 0 Å². The Labute approximate surface area is 116 Å². The van der Waals surface area contributed by atoms with Gasteiger partial charge in [-0.3, -0.25) is 4.98 Å². The quantitative estimate of drug-likeness (QED) is 0.788. The maximum absolute atomic E-state index is 9.75. The standard InChI is InChI=1S/C15H16N4O/c1-2-14(20)13-10-19(18-17-13)9-12-6-3-5-11-7-4-8-16-15(11)12/h3-8,10,14,20H,2,9H2,1H3. The van der Waals surface area contributed by atoms with E-state index in [2.05, 4.69) is 15.3 Å². The lowest BCUT2D eigenvalue weighted by molar-refractivity contribution is 0.168. The smallest absolute Gasteiger partial charge is 0.111 e. The summed E-state index contributed by atoms with van der Waals surface area (Å²) in [6.07, 6.45) is 3.67. The van der Waals surface area contributed by atoms with Gasteiger partial charge in [-0.05, 0) is 18.1 Å². The molecule has 2 aromatic heterocycles. The predicted molar refractivity (Wildman–Crippen MR) is 76.1 cm³/mol. The van der Waals surface area contributed by atoms with Crippen molar-refractivity contribution >= 4 is 10.9 Å². The number of para-hydroxylation sites is 1. The molecule has 1 atom stereocenters. The topological polar surface area (TPSA) is 63.8 Å². The molecule has 3 aromatic rings. The van der Waals surface area contributed by atoms with Crippen LogP contribution < -0.4 is 0 Å². The van der Waals surface area contributed by atoms with Crippen LogP contribution in [0.4, 0.5) is 0 Å². The van der Waals surface area contributed by atoms with E-state index in [-0.39, 0.29) is 0 Å². The third-order valence-electron chi connectivity index (χ3n) is 3.33. The van der Waals surface area contributed by atoms with Gasteiger partial charge in [-0.2, -0.15) is 0 Å². The zero-order valence-electron chi connectivity index (χ0n) is 11.3. The first-order valence-corrected chi connectivity index (χ1v) is 6.68. The second kappa shape index (κ2) is 5.38. The summed E-state index contributed by atoms with van der Waals surface area (Å²) >= 11 is 0. The number of pyridine rings is 1. The molecule has 0 fully saturated rings. The molecule has 20 heavy (non-hydrogen) atoms. The van der Waals surface area contributed by atoms with Gasteiger partial charge in [-0.15, -0.1) is 5.10 Å². The Kier molecular flexibility index (Phi) is 3.43. The summed E-state index contributed by atoms with van der Waals surface area (Å²) in [4.78, 5) is 4.42. The molecule has 0 aliphatic rings. The molecule has 0 aliphatic heterocycles. The van der Waals surface area contributed by atoms with Gasteiger partial charge in [0.2, 0.25) is 0 Å². The second-order valence-corrected chi connectivity index (χ2v) is 4.76. The average Bonchev–Trinajstić information content (AvgIpc) is 2.95. The Bertz CT molecular complexity index is 717. The van der Waals surface area contributed by atoms with E-state index in [1.54, 1.807) is 17.1 Å². The van der Waals surface area contributed by atoms with Gasteiger partial charge in [0.05, 0.1) is 24.4 Å². The average molecular weight is 268 g/mol. The Morgan fingerprint density at radius 3 is 2.95 bits per heavy atom. The molecule has 0 spiro atoms. The molecular formula is C15H16N4O. The monoisotopic (exact) mass is 268 g/mol. The van der Waals surface area contributed by atoms with Gasteiger partial charge < -0.3 is 5.11 Å². The number of benzene rings is 1. The Morgan fingerprint density at radius 1 is 1.25 bits per heavy atom. The molecule has 0 saturated carbocycles. The predicted octanol–water partition coefficient (Wildman–Crippen LogP) is 2.32. The van der Waals surface area contributed by atoms with Gasteiger partial charge in [0, 0.05) is 11.6 Å². The summed E-state index contributed by atoms with van der Waals surface area (Å²) in [6.45, 7) is 2.51. The van der Waals surface area contributed by atoms with Crippen molar-refractivity contribution in [2.24, 2.45) is 0 Å². The molecule has 5 nitrogen and oxygen atoms in total. The molecule has 1 aromatic carbocycles. The number of fused-ring (bicyclic) bond motifs is 1. The molecule has 0 bridgehead atoms. The van der Waals surface area contributed by atoms with Crippen LogP contribution in [0.5, 0.6) is 0 Å². The lowest BCUT2D eigenvalue weighted by Crippen LogP contribution is -2.01. The fraction of sp³-hybridized carbons (Fsp3) is 0.267. The van der Waals surface area contributed by atoms with E-state index in [1.165, 1.54) is 0 Å². The Morgan fingerprint density at radius 2 is 2.10 bits per heavy atom. The minimum Gasteiger partial charge on any atom is -0.387 e. The number of aliphatic hydroxyl groups excluding tert-OH is 1. The highest BCUT2D eigenvalue weighted by molar-refractivity contribution is 5.81. The van der Waals surface area contributed by atoms with Crippen LogP contribution in [0.3, 0.4) is 0 Å². The van der Waals surface area contributed by atoms with Crippen LogP contribution in [-0.2, 0) is 6.54 Å². The highest BCUT2D eigenvalue weighted by Crippen LogP contribution is 2.18. The first-order chi connectivity index (χ1) is 9.78. The largest absolute Gasteiger partial charge is 0.387 e. The van der Waals surface area contributed by atoms with Crippen molar-refractivity contribution in [2.75, 3.05) is 0 Å². The van der Waals surface area contributed by atoms with Gasteiger partial charge in [0.25, 0.3) is 0 Å². The van der Waals surface area contributed by atoms with Crippen molar-refractivity contribution in [3.8, 4) is 0 Å². The Balaban J connectivity index is 1.91. The molecular weight excluding hydrogens is 252 g/mol. The SMILES string of the molecule is CCC(O)c1cn(Cc2cccc3cccnc23)nn1. The summed E-state index contributed by atoms with van der Waals surface area (Å²) in [6, 6.07) is 10.1. The van der Waals surface area contributed by atoms with Crippen molar-refractivity contribution < 1.29 is 5.11 Å². The van der Waals surface area contributed by atoms with Gasteiger partial charge in [-0.1, -0.05) is 36.4 Å². The minimum atomic E-state index is -0.547. The lowest BCUT2D eigenvalue weighted by Gasteiger charge is -2.05. The van der Waals surface area contributed by atoms with E-state index in [1.807, 2.05) is 37.3 Å². The number of hydrogen-bond acceptors (Lipinski definition) is 4. The number of rotatable bonds is 4. The van der Waals surface area contributed by atoms with E-state index in [0.29, 0.717) is 18.7 Å². The second-order valence-electron chi connectivity index (χ2n) is 4.76. The van der Waals surface area contributed by atoms with E-state index in [4.69, 9.17) is 0 Å². The molecule has 3 rings (SSSR count). The van der Waals surface area contributed by atoms with E-state index in [9.17, 15) is 5.11 Å². The summed E-state index contributed by atoms with van der Waals surface area (Å²) in [5.74, 6) is 0. The fourth-order valence-corrected chi connectivity index (χ4v) is 2.22. The van der Waals surface area contributed by atoms with Crippen LogP contribution in [0.1, 0.15) is 30.7 Å². The van der Waals surface area contributed by atoms with Crippen LogP contribution in [0.25, 0.3) is 10.9 Å². The van der Waals surface area contributed by atoms with Gasteiger partial charge >= 0.3 is 0 Å². The minimum absolute atomic E-state index is 0.547. The normalized spacial score (nSPS) is 12.7. The summed E-state index contributed by atoms with van der Waals surface area (Å²) in [5.41, 5.74) is 2.68. The maximum Gasteiger partial charge on any atom is 0.111 e. The number of nitrogens with zero attached hydrogens (tertiary/aromatic N) is 4. The number of hydrogen-bond donors (Lipinski definition) is 1. The van der Waals surface area contributed by atoms with Crippen molar-refractivity contribution in [2.45, 2.75) is 26.0 Å². The summed E-state index contributed by atoms with van der Waals surface area (Å²) in [5, 5.41) is 18.9. The molecule has 2 heterocycles. The van der Waals surface area contributed by atoms with Crippen LogP contribution >= 0.6 is 0 Å². The van der Waals surface area contributed by atoms with Crippen LogP contribution in [0.15, 0.2) is 42.7 Å².